The van der Waals surface area contributed by atoms with Crippen molar-refractivity contribution in [2.45, 2.75) is 0 Å². The summed E-state index contributed by atoms with van der Waals surface area (Å²) in [7, 11) is 5.84. The molecule has 2 aromatic carbocycles. The van der Waals surface area contributed by atoms with E-state index in [9.17, 15) is 14.7 Å². The molecule has 2 aromatic rings. The van der Waals surface area contributed by atoms with Gasteiger partial charge in [0.05, 0.1) is 39.7 Å². The fourth-order valence-corrected chi connectivity index (χ4v) is 2.93. The van der Waals surface area contributed by atoms with Gasteiger partial charge in [0.2, 0.25) is 0 Å². The number of ether oxygens (including phenoxy) is 4. The minimum atomic E-state index is -0.843. The van der Waals surface area contributed by atoms with Gasteiger partial charge in [-0.1, -0.05) is 6.07 Å². The highest BCUT2D eigenvalue weighted by atomic mass is 16.5. The van der Waals surface area contributed by atoms with Crippen molar-refractivity contribution < 1.29 is 33.6 Å². The molecule has 0 spiro atoms. The molecule has 0 aromatic heterocycles. The number of hydrogen-bond donors (Lipinski definition) is 1. The van der Waals surface area contributed by atoms with E-state index >= 15 is 0 Å². The highest BCUT2D eigenvalue weighted by Gasteiger charge is 2.41. The van der Waals surface area contributed by atoms with Crippen molar-refractivity contribution in [2.75, 3.05) is 33.3 Å². The third-order valence-corrected chi connectivity index (χ3v) is 4.33. The van der Waals surface area contributed by atoms with E-state index in [0.29, 0.717) is 28.6 Å². The number of hydrogen-bond acceptors (Lipinski definition) is 7. The third-order valence-electron chi connectivity index (χ3n) is 4.33. The van der Waals surface area contributed by atoms with Crippen LogP contribution in [-0.2, 0) is 9.59 Å². The van der Waals surface area contributed by atoms with E-state index in [2.05, 4.69) is 0 Å². The molecule has 0 bridgehead atoms. The van der Waals surface area contributed by atoms with Gasteiger partial charge in [0.1, 0.15) is 11.5 Å². The number of benzene rings is 2. The first kappa shape index (κ1) is 19.1. The summed E-state index contributed by atoms with van der Waals surface area (Å²) in [5.41, 5.74) is 0.409. The van der Waals surface area contributed by atoms with Gasteiger partial charge >= 0.3 is 5.91 Å². The molecule has 8 heteroatoms. The predicted molar refractivity (Wildman–Crippen MR) is 101 cm³/mol. The van der Waals surface area contributed by atoms with Gasteiger partial charge in [-0.15, -0.1) is 0 Å². The number of carbonyl (C=O) groups is 2. The molecular weight excluding hydrogens is 366 g/mol. The molecule has 0 unspecified atom stereocenters. The van der Waals surface area contributed by atoms with Crippen LogP contribution in [-0.4, -0.2) is 45.4 Å². The first-order valence-corrected chi connectivity index (χ1v) is 8.22. The van der Waals surface area contributed by atoms with Crippen molar-refractivity contribution >= 4 is 23.1 Å². The molecule has 0 saturated carbocycles. The molecule has 3 rings (SSSR count). The lowest BCUT2D eigenvalue weighted by Gasteiger charge is -2.17. The van der Waals surface area contributed by atoms with Crippen LogP contribution in [0.1, 0.15) is 5.56 Å². The number of nitrogens with zero attached hydrogens (tertiary/aromatic N) is 1. The molecule has 1 aliphatic heterocycles. The summed E-state index contributed by atoms with van der Waals surface area (Å²) in [5.74, 6) is -0.559. The fourth-order valence-electron chi connectivity index (χ4n) is 2.93. The second-order valence-corrected chi connectivity index (χ2v) is 5.81. The Morgan fingerprint density at radius 2 is 1.36 bits per heavy atom. The maximum Gasteiger partial charge on any atom is 0.301 e. The normalized spacial score (nSPS) is 13.8. The van der Waals surface area contributed by atoms with Crippen molar-refractivity contribution in [3.63, 3.8) is 0 Å². The molecule has 0 saturated heterocycles. The van der Waals surface area contributed by atoms with Crippen LogP contribution < -0.4 is 23.8 Å². The zero-order chi connectivity index (χ0) is 20.4. The van der Waals surface area contributed by atoms with Gasteiger partial charge in [0.15, 0.2) is 17.3 Å². The first-order valence-electron chi connectivity index (χ1n) is 8.22. The fraction of sp³-hybridized carbons (Fsp3) is 0.200. The summed E-state index contributed by atoms with van der Waals surface area (Å²) in [6, 6.07) is 9.28. The Kier molecular flexibility index (Phi) is 5.12. The van der Waals surface area contributed by atoms with Crippen LogP contribution in [0.4, 0.5) is 5.69 Å². The molecule has 146 valence electrons. The average Bonchev–Trinajstić information content (AvgIpc) is 2.95. The zero-order valence-electron chi connectivity index (χ0n) is 15.8. The lowest BCUT2D eigenvalue weighted by atomic mass is 10.0. The molecule has 0 radical (unpaired) electrons. The molecule has 2 amide bonds. The number of imide groups is 1. The third kappa shape index (κ3) is 3.09. The number of aliphatic hydroxyl groups is 1. The van der Waals surface area contributed by atoms with E-state index in [1.807, 2.05) is 0 Å². The Morgan fingerprint density at radius 3 is 1.89 bits per heavy atom. The first-order chi connectivity index (χ1) is 13.4. The minimum absolute atomic E-state index is 0.132. The van der Waals surface area contributed by atoms with Crippen LogP contribution in [0.25, 0.3) is 5.57 Å². The van der Waals surface area contributed by atoms with Crippen molar-refractivity contribution in [1.29, 1.82) is 0 Å². The second-order valence-electron chi connectivity index (χ2n) is 5.81. The summed E-state index contributed by atoms with van der Waals surface area (Å²) in [4.78, 5) is 26.5. The van der Waals surface area contributed by atoms with E-state index < -0.39 is 17.6 Å². The monoisotopic (exact) mass is 385 g/mol. The molecule has 1 aliphatic rings. The lowest BCUT2D eigenvalue weighted by Crippen LogP contribution is -2.31. The lowest BCUT2D eigenvalue weighted by molar-refractivity contribution is -0.121. The topological polar surface area (TPSA) is 94.5 Å². The Bertz CT molecular complexity index is 958. The van der Waals surface area contributed by atoms with E-state index in [0.717, 1.165) is 4.90 Å². The van der Waals surface area contributed by atoms with Gasteiger partial charge in [-0.2, -0.15) is 0 Å². The van der Waals surface area contributed by atoms with Gasteiger partial charge < -0.3 is 24.1 Å². The molecule has 1 N–H and O–H groups in total. The van der Waals surface area contributed by atoms with Crippen molar-refractivity contribution in [1.82, 2.24) is 0 Å². The summed E-state index contributed by atoms with van der Waals surface area (Å²) in [5, 5.41) is 10.4. The van der Waals surface area contributed by atoms with Gasteiger partial charge in [-0.25, -0.2) is 4.90 Å². The van der Waals surface area contributed by atoms with Crippen LogP contribution >= 0.6 is 0 Å². The number of anilines is 1. The van der Waals surface area contributed by atoms with E-state index in [4.69, 9.17) is 18.9 Å². The molecule has 1 heterocycles. The second kappa shape index (κ2) is 7.51. The van der Waals surface area contributed by atoms with Gasteiger partial charge in [-0.05, 0) is 17.7 Å². The number of aliphatic hydroxyl groups excluding tert-OH is 1. The molecule has 0 atom stereocenters. The zero-order valence-corrected chi connectivity index (χ0v) is 15.8. The Labute approximate surface area is 161 Å². The number of carbonyl (C=O) groups excluding carboxylic acids is 2. The van der Waals surface area contributed by atoms with Gasteiger partial charge in [0.25, 0.3) is 5.91 Å². The summed E-state index contributed by atoms with van der Waals surface area (Å²) in [6.45, 7) is 0. The van der Waals surface area contributed by atoms with Crippen LogP contribution in [0.5, 0.6) is 23.0 Å². The van der Waals surface area contributed by atoms with E-state index in [-0.39, 0.29) is 11.3 Å². The van der Waals surface area contributed by atoms with Crippen molar-refractivity contribution in [3.05, 3.63) is 47.7 Å². The summed E-state index contributed by atoms with van der Waals surface area (Å²) < 4.78 is 20.8. The van der Waals surface area contributed by atoms with E-state index in [1.165, 1.54) is 46.6 Å². The smallest absolute Gasteiger partial charge is 0.301 e. The maximum absolute atomic E-state index is 13.0. The SMILES string of the molecule is COc1cc(OC)cc(N2C(=O)C(O)=C(c3ccc(OC)c(OC)c3)C2=O)c1. The number of rotatable bonds is 6. The summed E-state index contributed by atoms with van der Waals surface area (Å²) in [6.07, 6.45) is 0. The Morgan fingerprint density at radius 1 is 0.750 bits per heavy atom. The molecular formula is C20H19NO7. The average molecular weight is 385 g/mol. The quantitative estimate of drug-likeness (QED) is 0.764. The number of methoxy groups -OCH3 is 4. The number of amides is 2. The maximum atomic E-state index is 13.0. The predicted octanol–water partition coefficient (Wildman–Crippen LogP) is 2.56. The van der Waals surface area contributed by atoms with Crippen LogP contribution in [0.2, 0.25) is 0 Å². The van der Waals surface area contributed by atoms with E-state index in [1.54, 1.807) is 18.2 Å². The summed E-state index contributed by atoms with van der Waals surface area (Å²) >= 11 is 0. The van der Waals surface area contributed by atoms with Crippen molar-refractivity contribution in [3.8, 4) is 23.0 Å². The largest absolute Gasteiger partial charge is 0.502 e. The van der Waals surface area contributed by atoms with Gasteiger partial charge in [-0.3, -0.25) is 9.59 Å². The van der Waals surface area contributed by atoms with Crippen LogP contribution in [0.3, 0.4) is 0 Å². The van der Waals surface area contributed by atoms with Gasteiger partial charge in [0, 0.05) is 18.2 Å². The Hall–Kier alpha value is -3.68. The highest BCUT2D eigenvalue weighted by Crippen LogP contribution is 2.38. The molecule has 0 aliphatic carbocycles. The van der Waals surface area contributed by atoms with Crippen molar-refractivity contribution in [2.24, 2.45) is 0 Å². The van der Waals surface area contributed by atoms with Crippen LogP contribution in [0, 0.1) is 0 Å². The molecule has 8 nitrogen and oxygen atoms in total. The standard InChI is InChI=1S/C20H19NO7/c1-25-13-8-12(9-14(10-13)26-2)21-19(23)17(18(22)20(21)24)11-5-6-15(27-3)16(7-11)28-4/h5-10,22H,1-4H3. The minimum Gasteiger partial charge on any atom is -0.502 e. The Balaban J connectivity index is 2.06. The molecule has 0 fully saturated rings. The molecule has 28 heavy (non-hydrogen) atoms. The van der Waals surface area contributed by atoms with Crippen LogP contribution in [0.15, 0.2) is 42.2 Å². The highest BCUT2D eigenvalue weighted by molar-refractivity contribution is 6.45.